The highest BCUT2D eigenvalue weighted by atomic mass is 32.2. The van der Waals surface area contributed by atoms with Crippen LogP contribution in [-0.4, -0.2) is 12.3 Å². The highest BCUT2D eigenvalue weighted by Crippen LogP contribution is 2.29. The van der Waals surface area contributed by atoms with Gasteiger partial charge in [0.05, 0.1) is 0 Å². The van der Waals surface area contributed by atoms with Crippen LogP contribution in [0.2, 0.25) is 0 Å². The summed E-state index contributed by atoms with van der Waals surface area (Å²) in [7, 11) is 0. The van der Waals surface area contributed by atoms with Crippen LogP contribution in [0.1, 0.15) is 18.9 Å². The van der Waals surface area contributed by atoms with Gasteiger partial charge in [0, 0.05) is 16.5 Å². The predicted molar refractivity (Wildman–Crippen MR) is 86.7 cm³/mol. The molecule has 0 saturated heterocycles. The van der Waals surface area contributed by atoms with Crippen molar-refractivity contribution in [2.45, 2.75) is 30.7 Å². The summed E-state index contributed by atoms with van der Waals surface area (Å²) in [5.41, 5.74) is 6.49. The zero-order chi connectivity index (χ0) is 15.2. The zero-order valence-electron chi connectivity index (χ0n) is 12.3. The van der Waals surface area contributed by atoms with E-state index in [9.17, 15) is 4.39 Å². The average molecular weight is 305 g/mol. The normalized spacial score (nSPS) is 12.2. The fraction of sp³-hybridized carbons (Fsp3) is 0.294. The molecule has 0 aliphatic rings. The first-order valence-corrected chi connectivity index (χ1v) is 8.21. The van der Waals surface area contributed by atoms with Gasteiger partial charge in [0.15, 0.2) is 0 Å². The lowest BCUT2D eigenvalue weighted by atomic mass is 10.0. The van der Waals surface area contributed by atoms with Crippen molar-refractivity contribution >= 4 is 11.8 Å². The third-order valence-electron chi connectivity index (χ3n) is 3.35. The summed E-state index contributed by atoms with van der Waals surface area (Å²) in [6.07, 6.45) is 3.30. The lowest BCUT2D eigenvalue weighted by Crippen LogP contribution is -2.22. The van der Waals surface area contributed by atoms with Crippen molar-refractivity contribution in [2.24, 2.45) is 5.73 Å². The van der Waals surface area contributed by atoms with Crippen molar-refractivity contribution in [2.75, 3.05) is 6.26 Å². The molecule has 112 valence electrons. The first kappa shape index (κ1) is 15.9. The molecule has 0 radical (unpaired) electrons. The van der Waals surface area contributed by atoms with Gasteiger partial charge in [-0.25, -0.2) is 4.39 Å². The molecular formula is C17H20FNOS. The Hall–Kier alpha value is -1.52. The minimum atomic E-state index is -0.267. The molecule has 2 rings (SSSR count). The molecule has 0 aliphatic heterocycles. The Balaban J connectivity index is 2.23. The standard InChI is InChI=1S/C17H20FNOS/c1-3-12(19)11-15-16(18)5-4-6-17(15)20-13-7-9-14(21-2)10-8-13/h4-10,12H,3,11,19H2,1-2H3. The molecule has 4 heteroatoms. The van der Waals surface area contributed by atoms with Crippen molar-refractivity contribution in [3.8, 4) is 11.5 Å². The van der Waals surface area contributed by atoms with Crippen LogP contribution < -0.4 is 10.5 Å². The van der Waals surface area contributed by atoms with Crippen molar-refractivity contribution in [1.29, 1.82) is 0 Å². The Morgan fingerprint density at radius 3 is 2.52 bits per heavy atom. The van der Waals surface area contributed by atoms with Crippen molar-refractivity contribution in [1.82, 2.24) is 0 Å². The Kier molecular flexibility index (Phi) is 5.65. The fourth-order valence-electron chi connectivity index (χ4n) is 2.01. The monoisotopic (exact) mass is 305 g/mol. The second kappa shape index (κ2) is 7.48. The van der Waals surface area contributed by atoms with E-state index in [1.807, 2.05) is 37.4 Å². The molecule has 2 nitrogen and oxygen atoms in total. The third kappa shape index (κ3) is 4.22. The molecule has 0 bridgehead atoms. The van der Waals surface area contributed by atoms with E-state index in [4.69, 9.17) is 10.5 Å². The number of hydrogen-bond donors (Lipinski definition) is 1. The molecule has 2 aromatic rings. The molecule has 21 heavy (non-hydrogen) atoms. The van der Waals surface area contributed by atoms with Gasteiger partial charge < -0.3 is 10.5 Å². The van der Waals surface area contributed by atoms with Gasteiger partial charge in [-0.3, -0.25) is 0 Å². The molecule has 1 unspecified atom stereocenters. The van der Waals surface area contributed by atoms with E-state index < -0.39 is 0 Å². The topological polar surface area (TPSA) is 35.2 Å². The van der Waals surface area contributed by atoms with Crippen LogP contribution in [0, 0.1) is 5.82 Å². The maximum Gasteiger partial charge on any atom is 0.133 e. The van der Waals surface area contributed by atoms with Crippen molar-refractivity contribution in [3.05, 3.63) is 53.8 Å². The molecular weight excluding hydrogens is 285 g/mol. The number of benzene rings is 2. The van der Waals surface area contributed by atoms with Crippen LogP contribution in [0.4, 0.5) is 4.39 Å². The fourth-order valence-corrected chi connectivity index (χ4v) is 2.42. The van der Waals surface area contributed by atoms with Gasteiger partial charge in [0.2, 0.25) is 0 Å². The van der Waals surface area contributed by atoms with Crippen molar-refractivity contribution < 1.29 is 9.13 Å². The van der Waals surface area contributed by atoms with Gasteiger partial charge in [0.1, 0.15) is 17.3 Å². The quantitative estimate of drug-likeness (QED) is 0.791. The summed E-state index contributed by atoms with van der Waals surface area (Å²) >= 11 is 1.67. The van der Waals surface area contributed by atoms with Crippen LogP contribution >= 0.6 is 11.8 Å². The van der Waals surface area contributed by atoms with Gasteiger partial charge in [-0.2, -0.15) is 0 Å². The Morgan fingerprint density at radius 2 is 1.90 bits per heavy atom. The highest BCUT2D eigenvalue weighted by molar-refractivity contribution is 7.98. The first-order valence-electron chi connectivity index (χ1n) is 6.99. The van der Waals surface area contributed by atoms with Gasteiger partial charge in [-0.1, -0.05) is 13.0 Å². The van der Waals surface area contributed by atoms with E-state index in [2.05, 4.69) is 0 Å². The molecule has 2 N–H and O–H groups in total. The largest absolute Gasteiger partial charge is 0.457 e. The summed E-state index contributed by atoms with van der Waals surface area (Å²) in [5.74, 6) is 0.970. The SMILES string of the molecule is CCC(N)Cc1c(F)cccc1Oc1ccc(SC)cc1. The van der Waals surface area contributed by atoms with E-state index in [1.54, 1.807) is 23.9 Å². The number of rotatable bonds is 6. The summed E-state index contributed by atoms with van der Waals surface area (Å²) in [5, 5.41) is 0. The van der Waals surface area contributed by atoms with Crippen LogP contribution in [0.25, 0.3) is 0 Å². The first-order chi connectivity index (χ1) is 10.1. The van der Waals surface area contributed by atoms with E-state index >= 15 is 0 Å². The number of thioether (sulfide) groups is 1. The molecule has 0 aromatic heterocycles. The lowest BCUT2D eigenvalue weighted by molar-refractivity contribution is 0.461. The Bertz CT molecular complexity index is 586. The third-order valence-corrected chi connectivity index (χ3v) is 4.10. The zero-order valence-corrected chi connectivity index (χ0v) is 13.1. The second-order valence-corrected chi connectivity index (χ2v) is 5.75. The summed E-state index contributed by atoms with van der Waals surface area (Å²) in [6.45, 7) is 1.99. The Morgan fingerprint density at radius 1 is 1.19 bits per heavy atom. The van der Waals surface area contributed by atoms with E-state index in [-0.39, 0.29) is 11.9 Å². The van der Waals surface area contributed by atoms with Gasteiger partial charge >= 0.3 is 0 Å². The minimum absolute atomic E-state index is 0.0666. The lowest BCUT2D eigenvalue weighted by Gasteiger charge is -2.15. The van der Waals surface area contributed by atoms with E-state index in [1.165, 1.54) is 6.07 Å². The van der Waals surface area contributed by atoms with E-state index in [0.29, 0.717) is 23.5 Å². The maximum absolute atomic E-state index is 14.0. The molecule has 1 atom stereocenters. The number of hydrogen-bond acceptors (Lipinski definition) is 3. The number of nitrogens with two attached hydrogens (primary N) is 1. The number of ether oxygens (including phenoxy) is 1. The van der Waals surface area contributed by atoms with Gasteiger partial charge in [-0.05, 0) is 55.5 Å². The molecule has 0 aliphatic carbocycles. The van der Waals surface area contributed by atoms with Crippen LogP contribution in [0.15, 0.2) is 47.4 Å². The Labute approximate surface area is 129 Å². The molecule has 0 amide bonds. The van der Waals surface area contributed by atoms with Crippen LogP contribution in [-0.2, 0) is 6.42 Å². The minimum Gasteiger partial charge on any atom is -0.457 e. The highest BCUT2D eigenvalue weighted by Gasteiger charge is 2.13. The summed E-state index contributed by atoms with van der Waals surface area (Å²) in [6, 6.07) is 12.6. The van der Waals surface area contributed by atoms with Gasteiger partial charge in [-0.15, -0.1) is 11.8 Å². The molecule has 0 heterocycles. The second-order valence-electron chi connectivity index (χ2n) is 4.87. The summed E-state index contributed by atoms with van der Waals surface area (Å²) in [4.78, 5) is 1.16. The van der Waals surface area contributed by atoms with Crippen LogP contribution in [0.3, 0.4) is 0 Å². The molecule has 0 fully saturated rings. The van der Waals surface area contributed by atoms with Crippen LogP contribution in [0.5, 0.6) is 11.5 Å². The smallest absolute Gasteiger partial charge is 0.133 e. The molecule has 0 spiro atoms. The predicted octanol–water partition coefficient (Wildman–Crippen LogP) is 4.62. The van der Waals surface area contributed by atoms with E-state index in [0.717, 1.165) is 11.3 Å². The maximum atomic E-state index is 14.0. The molecule has 0 saturated carbocycles. The summed E-state index contributed by atoms with van der Waals surface area (Å²) < 4.78 is 19.9. The molecule has 2 aromatic carbocycles. The number of halogens is 1. The average Bonchev–Trinajstić information content (AvgIpc) is 2.51. The van der Waals surface area contributed by atoms with Gasteiger partial charge in [0.25, 0.3) is 0 Å². The van der Waals surface area contributed by atoms with Crippen molar-refractivity contribution in [3.63, 3.8) is 0 Å².